The molecule has 19 heteroatoms. The lowest BCUT2D eigenvalue weighted by molar-refractivity contribution is -0.167. The highest BCUT2D eigenvalue weighted by atomic mass is 35.5. The van der Waals surface area contributed by atoms with Crippen molar-refractivity contribution in [2.24, 2.45) is 0 Å². The molecule has 1 fully saturated rings. The summed E-state index contributed by atoms with van der Waals surface area (Å²) < 4.78 is 85.6. The summed E-state index contributed by atoms with van der Waals surface area (Å²) in [6.45, 7) is 2.47. The third kappa shape index (κ3) is 11.0. The van der Waals surface area contributed by atoms with Gasteiger partial charge in [0.15, 0.2) is 5.82 Å². The monoisotopic (exact) mass is 821 g/mol. The number of carboxylic acids is 1. The summed E-state index contributed by atoms with van der Waals surface area (Å²) in [4.78, 5) is 46.8. The van der Waals surface area contributed by atoms with E-state index in [9.17, 15) is 27.9 Å². The third-order valence-electron chi connectivity index (χ3n) is 8.27. The second kappa shape index (κ2) is 19.4. The molecule has 1 amide bonds. The van der Waals surface area contributed by atoms with Crippen LogP contribution in [0.4, 0.5) is 27.6 Å². The topological polar surface area (TPSA) is 162 Å². The molecule has 5 aromatic rings. The average molecular weight is 822 g/mol. The first kappa shape index (κ1) is 45.6. The summed E-state index contributed by atoms with van der Waals surface area (Å²) in [6.07, 6.45) is -3.51. The SMILES string of the molecule is C.C.COc1cc(C)nc(-c2ccc(C[C@H](NC(=O)c3c(F)cc(N4CCOC[C@@H]4C(F)(F)F)cc3F)C(=O)O)c3cccnc23)n1.COc1cc(C)nc(Cl)n1. The fourth-order valence-corrected chi connectivity index (χ4v) is 5.96. The molecule has 0 saturated carbocycles. The number of halogens is 6. The van der Waals surface area contributed by atoms with Crippen molar-refractivity contribution in [3.63, 3.8) is 0 Å². The van der Waals surface area contributed by atoms with Gasteiger partial charge in [-0.15, -0.1) is 0 Å². The number of hydrogen-bond donors (Lipinski definition) is 2. The Bertz CT molecular complexity index is 2170. The van der Waals surface area contributed by atoms with Crippen molar-refractivity contribution < 1.29 is 50.9 Å². The molecular weight excluding hydrogens is 781 g/mol. The minimum atomic E-state index is -4.74. The molecule has 6 rings (SSSR count). The van der Waals surface area contributed by atoms with Crippen LogP contribution < -0.4 is 19.7 Å². The van der Waals surface area contributed by atoms with Crippen LogP contribution in [0.2, 0.25) is 5.28 Å². The van der Waals surface area contributed by atoms with Crippen molar-refractivity contribution in [2.75, 3.05) is 38.9 Å². The van der Waals surface area contributed by atoms with Crippen LogP contribution in [0.5, 0.6) is 11.8 Å². The molecule has 306 valence electrons. The minimum Gasteiger partial charge on any atom is -0.481 e. The van der Waals surface area contributed by atoms with Gasteiger partial charge in [0.2, 0.25) is 17.0 Å². The number of benzene rings is 2. The molecule has 4 heterocycles. The van der Waals surface area contributed by atoms with Crippen molar-refractivity contribution in [2.45, 2.75) is 53.4 Å². The quantitative estimate of drug-likeness (QED) is 0.114. The lowest BCUT2D eigenvalue weighted by Gasteiger charge is -2.38. The summed E-state index contributed by atoms with van der Waals surface area (Å²) in [7, 11) is 3.00. The number of carboxylic acid groups (broad SMARTS) is 1. The lowest BCUT2D eigenvalue weighted by atomic mass is 9.97. The number of hydrogen-bond acceptors (Lipinski definition) is 11. The molecule has 2 N–H and O–H groups in total. The molecule has 13 nitrogen and oxygen atoms in total. The van der Waals surface area contributed by atoms with Crippen LogP contribution in [-0.2, 0) is 16.0 Å². The van der Waals surface area contributed by atoms with Crippen LogP contribution in [0.3, 0.4) is 0 Å². The van der Waals surface area contributed by atoms with E-state index in [0.29, 0.717) is 57.4 Å². The first-order valence-electron chi connectivity index (χ1n) is 16.3. The summed E-state index contributed by atoms with van der Waals surface area (Å²) >= 11 is 5.53. The molecule has 2 aromatic carbocycles. The van der Waals surface area contributed by atoms with Crippen molar-refractivity contribution >= 4 is 40.1 Å². The highest BCUT2D eigenvalue weighted by Crippen LogP contribution is 2.33. The number of carbonyl (C=O) groups excluding carboxylic acids is 1. The van der Waals surface area contributed by atoms with Gasteiger partial charge in [0.25, 0.3) is 5.91 Å². The molecule has 57 heavy (non-hydrogen) atoms. The zero-order valence-electron chi connectivity index (χ0n) is 29.6. The van der Waals surface area contributed by atoms with E-state index in [1.54, 1.807) is 43.3 Å². The fraction of sp³-hybridized carbons (Fsp3) is 0.342. The molecule has 1 saturated heterocycles. The number of carbonyl (C=O) groups is 2. The number of rotatable bonds is 9. The highest BCUT2D eigenvalue weighted by Gasteiger charge is 2.46. The Morgan fingerprint density at radius 2 is 1.61 bits per heavy atom. The maximum atomic E-state index is 15.1. The van der Waals surface area contributed by atoms with Gasteiger partial charge in [0, 0.05) is 59.3 Å². The van der Waals surface area contributed by atoms with E-state index in [-0.39, 0.29) is 39.7 Å². The van der Waals surface area contributed by atoms with Crippen LogP contribution >= 0.6 is 11.6 Å². The van der Waals surface area contributed by atoms with Crippen molar-refractivity contribution in [3.05, 3.63) is 94.2 Å². The molecule has 1 aliphatic heterocycles. The molecule has 0 unspecified atom stereocenters. The number of morpholine rings is 1. The van der Waals surface area contributed by atoms with E-state index in [1.165, 1.54) is 20.4 Å². The fourth-order valence-electron chi connectivity index (χ4n) is 5.74. The molecule has 0 aliphatic carbocycles. The first-order chi connectivity index (χ1) is 26.1. The van der Waals surface area contributed by atoms with E-state index in [2.05, 4.69) is 30.2 Å². The Morgan fingerprint density at radius 1 is 0.982 bits per heavy atom. The number of anilines is 1. The highest BCUT2D eigenvalue weighted by molar-refractivity contribution is 6.28. The zero-order chi connectivity index (χ0) is 40.0. The molecule has 0 bridgehead atoms. The Morgan fingerprint density at radius 3 is 2.21 bits per heavy atom. The van der Waals surface area contributed by atoms with Crippen LogP contribution in [-0.4, -0.2) is 94.1 Å². The number of methoxy groups -OCH3 is 2. The van der Waals surface area contributed by atoms with Gasteiger partial charge in [-0.25, -0.2) is 23.5 Å². The van der Waals surface area contributed by atoms with E-state index < -0.39 is 59.6 Å². The van der Waals surface area contributed by atoms with Gasteiger partial charge in [-0.05, 0) is 55.3 Å². The number of amides is 1. The van der Waals surface area contributed by atoms with Gasteiger partial charge in [0.1, 0.15) is 29.3 Å². The van der Waals surface area contributed by atoms with Crippen molar-refractivity contribution in [1.29, 1.82) is 0 Å². The number of nitrogens with one attached hydrogen (secondary N) is 1. The summed E-state index contributed by atoms with van der Waals surface area (Å²) in [6, 6.07) is 7.35. The van der Waals surface area contributed by atoms with Crippen LogP contribution in [0.25, 0.3) is 22.3 Å². The van der Waals surface area contributed by atoms with Gasteiger partial charge in [0.05, 0.1) is 33.0 Å². The predicted molar refractivity (Wildman–Crippen MR) is 203 cm³/mol. The standard InChI is InChI=1S/C30H26F5N5O5.C6H7ClN2O.2CH4/c1-15-10-24(44-2)39-27(37-15)19-6-5-16(18-4-3-7-36-26(18)19)11-22(29(42)43)38-28(41)25-20(31)12-17(13-21(25)32)40-8-9-45-14-23(40)30(33,34)35;1-4-3-5(10-2)9-6(7)8-4;;/h3-7,10,12-13,22-23H,8-9,11,14H2,1-2H3,(H,38,41)(H,42,43);3H,1-2H3;2*1H4/t22-,23+;;;/m0.../s1. The minimum absolute atomic E-state index is 0. The summed E-state index contributed by atoms with van der Waals surface area (Å²) in [5.74, 6) is -4.64. The van der Waals surface area contributed by atoms with E-state index in [4.69, 9.17) is 25.8 Å². The summed E-state index contributed by atoms with van der Waals surface area (Å²) in [5, 5.41) is 12.8. The summed E-state index contributed by atoms with van der Waals surface area (Å²) in [5.41, 5.74) is 1.28. The van der Waals surface area contributed by atoms with E-state index in [1.807, 2.05) is 6.92 Å². The van der Waals surface area contributed by atoms with E-state index >= 15 is 8.78 Å². The Kier molecular flexibility index (Phi) is 15.5. The average Bonchev–Trinajstić information content (AvgIpc) is 3.13. The maximum absolute atomic E-state index is 15.1. The Hall–Kier alpha value is -5.75. The number of pyridine rings is 1. The molecule has 2 atom stereocenters. The third-order valence-corrected chi connectivity index (χ3v) is 8.44. The lowest BCUT2D eigenvalue weighted by Crippen LogP contribution is -2.53. The normalized spacial score (nSPS) is 14.3. The first-order valence-corrected chi connectivity index (χ1v) is 16.7. The van der Waals surface area contributed by atoms with Gasteiger partial charge in [-0.1, -0.05) is 27.0 Å². The van der Waals surface area contributed by atoms with E-state index in [0.717, 1.165) is 10.6 Å². The number of fused-ring (bicyclic) bond motifs is 1. The molecule has 0 radical (unpaired) electrons. The van der Waals surface area contributed by atoms with Crippen molar-refractivity contribution in [1.82, 2.24) is 30.2 Å². The Balaban J connectivity index is 0.000000634. The second-order valence-electron chi connectivity index (χ2n) is 12.0. The van der Waals surface area contributed by atoms with Crippen molar-refractivity contribution in [3.8, 4) is 23.1 Å². The van der Waals surface area contributed by atoms with Crippen LogP contribution in [0.1, 0.15) is 42.2 Å². The largest absolute Gasteiger partial charge is 0.481 e. The molecular formula is C38H41ClF5N7O6. The van der Waals surface area contributed by atoms with Gasteiger partial charge >= 0.3 is 12.1 Å². The second-order valence-corrected chi connectivity index (χ2v) is 12.4. The number of aryl methyl sites for hydroxylation is 2. The smallest absolute Gasteiger partial charge is 0.411 e. The molecule has 1 aliphatic rings. The maximum Gasteiger partial charge on any atom is 0.411 e. The predicted octanol–water partition coefficient (Wildman–Crippen LogP) is 7.20. The molecule has 0 spiro atoms. The number of aliphatic carboxylic acids is 1. The number of ether oxygens (including phenoxy) is 3. The van der Waals surface area contributed by atoms with Gasteiger partial charge < -0.3 is 29.5 Å². The number of aromatic nitrogens is 5. The van der Waals surface area contributed by atoms with Gasteiger partial charge in [-0.3, -0.25) is 9.78 Å². The Labute approximate surface area is 330 Å². The van der Waals surface area contributed by atoms with Crippen LogP contribution in [0.15, 0.2) is 54.7 Å². The zero-order valence-corrected chi connectivity index (χ0v) is 30.4. The molecule has 3 aromatic heterocycles. The van der Waals surface area contributed by atoms with Gasteiger partial charge in [-0.2, -0.15) is 23.1 Å². The number of alkyl halides is 3. The number of nitrogens with zero attached hydrogens (tertiary/aromatic N) is 6. The van der Waals surface area contributed by atoms with Crippen LogP contribution in [0, 0.1) is 25.5 Å².